The first-order chi connectivity index (χ1) is 13.2. The van der Waals surface area contributed by atoms with Crippen LogP contribution in [0.2, 0.25) is 5.02 Å². The highest BCUT2D eigenvalue weighted by Crippen LogP contribution is 2.49. The molecule has 0 saturated carbocycles. The van der Waals surface area contributed by atoms with Gasteiger partial charge < -0.3 is 0 Å². The van der Waals surface area contributed by atoms with Gasteiger partial charge in [0.1, 0.15) is 0 Å². The van der Waals surface area contributed by atoms with Crippen molar-refractivity contribution in [3.8, 4) is 0 Å². The van der Waals surface area contributed by atoms with E-state index in [4.69, 9.17) is 11.6 Å². The predicted octanol–water partition coefficient (Wildman–Crippen LogP) is 6.62. The minimum atomic E-state index is -0.785. The highest BCUT2D eigenvalue weighted by atomic mass is 35.5. The molecule has 1 aliphatic heterocycles. The first-order valence-corrected chi connectivity index (χ1v) is 9.91. The molecule has 0 aliphatic carbocycles. The standard InChI is InChI=1S/C25H24ClNO/c1-24(2,3)17-10-12-18(13-11-17)25(4)21-16-19(26)14-15-22(21)27(23(25)28)20-8-6-5-7-9-20/h5-16H,1-4H3. The first-order valence-electron chi connectivity index (χ1n) is 9.53. The minimum absolute atomic E-state index is 0.0412. The summed E-state index contributed by atoms with van der Waals surface area (Å²) in [5, 5.41) is 0.638. The minimum Gasteiger partial charge on any atom is -0.280 e. The summed E-state index contributed by atoms with van der Waals surface area (Å²) in [6.07, 6.45) is 0. The maximum absolute atomic E-state index is 13.8. The molecular weight excluding hydrogens is 366 g/mol. The Morgan fingerprint density at radius 2 is 1.54 bits per heavy atom. The van der Waals surface area contributed by atoms with Crippen molar-refractivity contribution in [1.29, 1.82) is 0 Å². The van der Waals surface area contributed by atoms with Crippen LogP contribution >= 0.6 is 11.6 Å². The maximum atomic E-state index is 13.8. The van der Waals surface area contributed by atoms with Gasteiger partial charge in [-0.15, -0.1) is 0 Å². The van der Waals surface area contributed by atoms with Crippen molar-refractivity contribution in [3.05, 3.63) is 94.5 Å². The van der Waals surface area contributed by atoms with Crippen LogP contribution in [0.5, 0.6) is 0 Å². The molecule has 28 heavy (non-hydrogen) atoms. The van der Waals surface area contributed by atoms with Crippen molar-refractivity contribution in [2.24, 2.45) is 0 Å². The van der Waals surface area contributed by atoms with Gasteiger partial charge >= 0.3 is 0 Å². The van der Waals surface area contributed by atoms with Crippen LogP contribution in [0.15, 0.2) is 72.8 Å². The number of benzene rings is 3. The van der Waals surface area contributed by atoms with Crippen LogP contribution in [0.3, 0.4) is 0 Å². The van der Waals surface area contributed by atoms with Crippen molar-refractivity contribution >= 4 is 28.9 Å². The molecule has 0 spiro atoms. The molecule has 3 aromatic carbocycles. The number of hydrogen-bond donors (Lipinski definition) is 0. The maximum Gasteiger partial charge on any atom is 0.246 e. The highest BCUT2D eigenvalue weighted by Gasteiger charge is 2.49. The second-order valence-corrected chi connectivity index (χ2v) is 9.03. The quantitative estimate of drug-likeness (QED) is 0.482. The Morgan fingerprint density at radius 3 is 2.14 bits per heavy atom. The van der Waals surface area contributed by atoms with Crippen LogP contribution in [0, 0.1) is 0 Å². The average Bonchev–Trinajstić information content (AvgIpc) is 2.90. The fourth-order valence-electron chi connectivity index (χ4n) is 3.97. The monoisotopic (exact) mass is 389 g/mol. The van der Waals surface area contributed by atoms with Crippen LogP contribution in [0.25, 0.3) is 0 Å². The topological polar surface area (TPSA) is 20.3 Å². The van der Waals surface area contributed by atoms with Crippen molar-refractivity contribution in [2.75, 3.05) is 4.90 Å². The molecule has 0 saturated heterocycles. The van der Waals surface area contributed by atoms with Gasteiger partial charge in [0, 0.05) is 10.7 Å². The smallest absolute Gasteiger partial charge is 0.246 e. The molecule has 1 unspecified atom stereocenters. The van der Waals surface area contributed by atoms with E-state index < -0.39 is 5.41 Å². The molecule has 0 fully saturated rings. The number of carbonyl (C=O) groups is 1. The van der Waals surface area contributed by atoms with Gasteiger partial charge in [0.05, 0.1) is 11.1 Å². The summed E-state index contributed by atoms with van der Waals surface area (Å²) in [5.41, 5.74) is 4.21. The third kappa shape index (κ3) is 2.84. The molecule has 1 amide bonds. The zero-order chi connectivity index (χ0) is 20.1. The Hall–Kier alpha value is -2.58. The number of hydrogen-bond acceptors (Lipinski definition) is 1. The second kappa shape index (κ2) is 6.49. The zero-order valence-corrected chi connectivity index (χ0v) is 17.4. The van der Waals surface area contributed by atoms with Gasteiger partial charge in [0.25, 0.3) is 0 Å². The molecule has 3 heteroatoms. The Bertz CT molecular complexity index is 1030. The van der Waals surface area contributed by atoms with Gasteiger partial charge in [-0.1, -0.05) is 74.8 Å². The van der Waals surface area contributed by atoms with E-state index in [9.17, 15) is 4.79 Å². The molecule has 2 nitrogen and oxygen atoms in total. The summed E-state index contributed by atoms with van der Waals surface area (Å²) < 4.78 is 0. The van der Waals surface area contributed by atoms with E-state index in [2.05, 4.69) is 45.0 Å². The molecule has 0 bridgehead atoms. The summed E-state index contributed by atoms with van der Waals surface area (Å²) in [6.45, 7) is 8.57. The van der Waals surface area contributed by atoms with Crippen molar-refractivity contribution < 1.29 is 4.79 Å². The number of amides is 1. The van der Waals surface area contributed by atoms with E-state index in [0.29, 0.717) is 5.02 Å². The number of fused-ring (bicyclic) bond motifs is 1. The lowest BCUT2D eigenvalue weighted by Gasteiger charge is -2.26. The summed E-state index contributed by atoms with van der Waals surface area (Å²) in [4.78, 5) is 15.6. The van der Waals surface area contributed by atoms with Gasteiger partial charge in [-0.2, -0.15) is 0 Å². The summed E-state index contributed by atoms with van der Waals surface area (Å²) >= 11 is 6.33. The van der Waals surface area contributed by atoms with Crippen LogP contribution in [0.4, 0.5) is 11.4 Å². The molecular formula is C25H24ClNO. The largest absolute Gasteiger partial charge is 0.280 e. The third-order valence-electron chi connectivity index (χ3n) is 5.71. The number of para-hydroxylation sites is 1. The van der Waals surface area contributed by atoms with Crippen LogP contribution in [-0.4, -0.2) is 5.91 Å². The molecule has 4 rings (SSSR count). The van der Waals surface area contributed by atoms with E-state index in [1.54, 1.807) is 0 Å². The molecule has 142 valence electrons. The van der Waals surface area contributed by atoms with E-state index >= 15 is 0 Å². The molecule has 1 heterocycles. The lowest BCUT2D eigenvalue weighted by Crippen LogP contribution is -2.36. The van der Waals surface area contributed by atoms with Crippen molar-refractivity contribution in [2.45, 2.75) is 38.5 Å². The molecule has 0 radical (unpaired) electrons. The van der Waals surface area contributed by atoms with Gasteiger partial charge in [0.2, 0.25) is 5.91 Å². The fraction of sp³-hybridized carbons (Fsp3) is 0.240. The number of rotatable bonds is 2. The number of nitrogens with zero attached hydrogens (tertiary/aromatic N) is 1. The Kier molecular flexibility index (Phi) is 4.35. The lowest BCUT2D eigenvalue weighted by atomic mass is 9.76. The molecule has 3 aromatic rings. The van der Waals surface area contributed by atoms with Crippen molar-refractivity contribution in [1.82, 2.24) is 0 Å². The van der Waals surface area contributed by atoms with E-state index in [1.165, 1.54) is 5.56 Å². The predicted molar refractivity (Wildman–Crippen MR) is 117 cm³/mol. The van der Waals surface area contributed by atoms with Crippen LogP contribution < -0.4 is 4.90 Å². The van der Waals surface area contributed by atoms with Crippen LogP contribution in [-0.2, 0) is 15.6 Å². The average molecular weight is 390 g/mol. The summed E-state index contributed by atoms with van der Waals surface area (Å²) in [5.74, 6) is 0.0412. The van der Waals surface area contributed by atoms with E-state index in [0.717, 1.165) is 22.5 Å². The number of halogens is 1. The van der Waals surface area contributed by atoms with Gasteiger partial charge in [-0.3, -0.25) is 9.69 Å². The fourth-order valence-corrected chi connectivity index (χ4v) is 4.14. The normalized spacial score (nSPS) is 19.0. The third-order valence-corrected chi connectivity index (χ3v) is 5.95. The van der Waals surface area contributed by atoms with Gasteiger partial charge in [-0.25, -0.2) is 0 Å². The zero-order valence-electron chi connectivity index (χ0n) is 16.7. The van der Waals surface area contributed by atoms with Crippen LogP contribution in [0.1, 0.15) is 44.4 Å². The number of anilines is 2. The van der Waals surface area contributed by atoms with Gasteiger partial charge in [0.15, 0.2) is 0 Å². The Morgan fingerprint density at radius 1 is 0.893 bits per heavy atom. The second-order valence-electron chi connectivity index (χ2n) is 8.59. The summed E-state index contributed by atoms with van der Waals surface area (Å²) in [7, 11) is 0. The lowest BCUT2D eigenvalue weighted by molar-refractivity contribution is -0.120. The highest BCUT2D eigenvalue weighted by molar-refractivity contribution is 6.31. The van der Waals surface area contributed by atoms with E-state index in [1.807, 2.05) is 60.4 Å². The molecule has 0 aromatic heterocycles. The molecule has 1 atom stereocenters. The van der Waals surface area contributed by atoms with Gasteiger partial charge in [-0.05, 0) is 59.4 Å². The number of carbonyl (C=O) groups excluding carboxylic acids is 1. The molecule has 1 aliphatic rings. The summed E-state index contributed by atoms with van der Waals surface area (Å²) in [6, 6.07) is 23.9. The SMILES string of the molecule is CC(C)(C)c1ccc(C2(C)C(=O)N(c3ccccc3)c3ccc(Cl)cc32)cc1. The first kappa shape index (κ1) is 18.8. The Labute approximate surface area is 171 Å². The van der Waals surface area contributed by atoms with E-state index in [-0.39, 0.29) is 11.3 Å². The molecule has 0 N–H and O–H groups in total. The Balaban J connectivity index is 1.90. The van der Waals surface area contributed by atoms with Crippen molar-refractivity contribution in [3.63, 3.8) is 0 Å².